The van der Waals surface area contributed by atoms with Crippen molar-refractivity contribution in [1.29, 1.82) is 0 Å². The summed E-state index contributed by atoms with van der Waals surface area (Å²) in [6.45, 7) is 20.7. The highest BCUT2D eigenvalue weighted by molar-refractivity contribution is 7.01. The minimum atomic E-state index is -0.166. The molecule has 5 nitrogen and oxygen atoms in total. The van der Waals surface area contributed by atoms with Gasteiger partial charge in [0.15, 0.2) is 0 Å². The third kappa shape index (κ3) is 7.59. The Morgan fingerprint density at radius 2 is 0.785 bits per heavy atom. The maximum atomic E-state index is 2.63. The molecule has 2 aromatic heterocycles. The van der Waals surface area contributed by atoms with Gasteiger partial charge in [-0.2, -0.15) is 0 Å². The Morgan fingerprint density at radius 3 is 1.29 bits per heavy atom. The van der Waals surface area contributed by atoms with Gasteiger partial charge in [-0.15, -0.1) is 0 Å². The molecule has 0 aliphatic carbocycles. The van der Waals surface area contributed by atoms with Gasteiger partial charge in [0, 0.05) is 85.1 Å². The van der Waals surface area contributed by atoms with Crippen LogP contribution in [0.15, 0.2) is 218 Å². The third-order valence-electron chi connectivity index (χ3n) is 17.1. The van der Waals surface area contributed by atoms with E-state index in [0.29, 0.717) is 0 Å². The summed E-state index contributed by atoms with van der Waals surface area (Å²) >= 11 is 0. The number of hydrogen-bond donors (Lipinski definition) is 0. The SMILES string of the molecule is Cn1c2ccccc2c2c(-n3c4ccccc4c4ccccc43)cc3c(c21)B1c2cc(C(C)(C)C)ccc2N(c2ccc(C(C)(C)C)cc2)c2cc(N(c4ccccc4)c4ccccc4)cc(c21)N3c1ccc(C(C)(C)C)cc1. The van der Waals surface area contributed by atoms with Crippen molar-refractivity contribution in [2.75, 3.05) is 14.7 Å². The van der Waals surface area contributed by atoms with Gasteiger partial charge in [0.05, 0.1) is 22.4 Å². The van der Waals surface area contributed by atoms with Crippen molar-refractivity contribution in [2.45, 2.75) is 78.6 Å². The molecular weight excluding hydrogens is 958 g/mol. The van der Waals surface area contributed by atoms with Crippen molar-refractivity contribution in [1.82, 2.24) is 9.13 Å². The van der Waals surface area contributed by atoms with Crippen LogP contribution in [0.5, 0.6) is 0 Å². The van der Waals surface area contributed by atoms with Gasteiger partial charge in [0.25, 0.3) is 6.71 Å². The predicted octanol–water partition coefficient (Wildman–Crippen LogP) is 17.9. The van der Waals surface area contributed by atoms with E-state index >= 15 is 0 Å². The van der Waals surface area contributed by atoms with Crippen LogP contribution in [-0.2, 0) is 23.3 Å². The number of hydrogen-bond acceptors (Lipinski definition) is 3. The van der Waals surface area contributed by atoms with Gasteiger partial charge in [-0.05, 0) is 140 Å². The van der Waals surface area contributed by atoms with Crippen LogP contribution in [0.2, 0.25) is 0 Å². The van der Waals surface area contributed by atoms with Crippen LogP contribution in [0, 0.1) is 0 Å². The van der Waals surface area contributed by atoms with Crippen LogP contribution in [0.3, 0.4) is 0 Å². The first-order valence-corrected chi connectivity index (χ1v) is 28.1. The Bertz CT molecular complexity index is 4280. The highest BCUT2D eigenvalue weighted by Gasteiger charge is 2.47. The molecule has 2 aliphatic heterocycles. The van der Waals surface area contributed by atoms with Crippen molar-refractivity contribution in [2.24, 2.45) is 7.05 Å². The lowest BCUT2D eigenvalue weighted by molar-refractivity contribution is 0.590. The van der Waals surface area contributed by atoms with Crippen LogP contribution in [-0.4, -0.2) is 15.8 Å². The molecule has 4 heterocycles. The molecule has 0 amide bonds. The van der Waals surface area contributed by atoms with Gasteiger partial charge in [-0.3, -0.25) is 0 Å². The molecule has 386 valence electrons. The summed E-state index contributed by atoms with van der Waals surface area (Å²) in [4.78, 5) is 7.65. The highest BCUT2D eigenvalue weighted by Crippen LogP contribution is 2.51. The molecule has 79 heavy (non-hydrogen) atoms. The number of aromatic nitrogens is 2. The number of anilines is 9. The fraction of sp³-hybridized carbons (Fsp3) is 0.178. The number of benzene rings is 10. The fourth-order valence-corrected chi connectivity index (χ4v) is 13.1. The first-order chi connectivity index (χ1) is 38.0. The van der Waals surface area contributed by atoms with E-state index in [1.165, 1.54) is 88.1 Å². The Kier molecular flexibility index (Phi) is 10.9. The number of fused-ring (bicyclic) bond motifs is 11. The zero-order chi connectivity index (χ0) is 54.3. The van der Waals surface area contributed by atoms with Crippen molar-refractivity contribution in [3.05, 3.63) is 235 Å². The van der Waals surface area contributed by atoms with Crippen molar-refractivity contribution in [3.8, 4) is 5.69 Å². The molecule has 0 spiro atoms. The number of aryl methyl sites for hydroxylation is 1. The van der Waals surface area contributed by atoms with Gasteiger partial charge in [0.1, 0.15) is 0 Å². The lowest BCUT2D eigenvalue weighted by Crippen LogP contribution is -2.62. The molecule has 0 unspecified atom stereocenters. The van der Waals surface area contributed by atoms with Crippen molar-refractivity contribution >= 4 is 118 Å². The Balaban J connectivity index is 1.19. The van der Waals surface area contributed by atoms with E-state index in [-0.39, 0.29) is 23.0 Å². The zero-order valence-corrected chi connectivity index (χ0v) is 47.1. The molecule has 0 fully saturated rings. The summed E-state index contributed by atoms with van der Waals surface area (Å²) in [6.07, 6.45) is 0. The standard InChI is InChI=1S/C73H66BN5/c1-71(2,3)47-33-38-52(39-34-47)77-62-42-37-49(73(7,8)9)43-58(62)74-68-64(77)44-54(76(50-23-13-11-14-24-50)51-25-15-12-16-26-51)45-65(68)78(53-40-35-48(36-41-53)72(4,5)6)66-46-63(67-57-29-19-20-30-59(57)75(10)70(67)69(66)74)79-60-31-21-17-27-55(60)56-28-18-22-32-61(56)79/h11-46H,1-10H3. The Labute approximate surface area is 465 Å². The van der Waals surface area contributed by atoms with E-state index in [4.69, 9.17) is 0 Å². The average molecular weight is 1020 g/mol. The molecule has 0 N–H and O–H groups in total. The number of para-hydroxylation sites is 5. The summed E-state index contributed by atoms with van der Waals surface area (Å²) in [5.74, 6) is 0. The molecule has 10 aromatic carbocycles. The van der Waals surface area contributed by atoms with Crippen molar-refractivity contribution < 1.29 is 0 Å². The maximum Gasteiger partial charge on any atom is 0.254 e. The quantitative estimate of drug-likeness (QED) is 0.155. The smallest absolute Gasteiger partial charge is 0.254 e. The van der Waals surface area contributed by atoms with Crippen LogP contribution >= 0.6 is 0 Å². The summed E-state index contributed by atoms with van der Waals surface area (Å²) < 4.78 is 5.07. The molecule has 6 heteroatoms. The molecule has 0 bridgehead atoms. The van der Waals surface area contributed by atoms with E-state index in [0.717, 1.165) is 45.5 Å². The molecule has 14 rings (SSSR count). The van der Waals surface area contributed by atoms with Crippen LogP contribution in [0.25, 0.3) is 49.3 Å². The van der Waals surface area contributed by atoms with E-state index in [1.807, 2.05) is 0 Å². The normalized spacial score (nSPS) is 13.4. The predicted molar refractivity (Wildman–Crippen MR) is 340 cm³/mol. The van der Waals surface area contributed by atoms with Gasteiger partial charge in [-0.25, -0.2) is 0 Å². The molecule has 2 aliphatic rings. The van der Waals surface area contributed by atoms with E-state index < -0.39 is 0 Å². The average Bonchev–Trinajstić information content (AvgIpc) is 2.37. The van der Waals surface area contributed by atoms with Gasteiger partial charge in [0.2, 0.25) is 0 Å². The first-order valence-electron chi connectivity index (χ1n) is 28.1. The van der Waals surface area contributed by atoms with Gasteiger partial charge >= 0.3 is 0 Å². The summed E-state index contributed by atoms with van der Waals surface area (Å²) in [5, 5.41) is 4.98. The minimum Gasteiger partial charge on any atom is -0.344 e. The Hall–Kier alpha value is -8.74. The van der Waals surface area contributed by atoms with E-state index in [1.54, 1.807) is 0 Å². The van der Waals surface area contributed by atoms with Crippen LogP contribution < -0.4 is 31.1 Å². The molecule has 0 radical (unpaired) electrons. The van der Waals surface area contributed by atoms with Crippen LogP contribution in [0.1, 0.15) is 79.0 Å². The fourth-order valence-electron chi connectivity index (χ4n) is 13.1. The summed E-state index contributed by atoms with van der Waals surface area (Å²) in [6, 6.07) is 82.6. The lowest BCUT2D eigenvalue weighted by atomic mass is 9.33. The first kappa shape index (κ1) is 48.6. The second-order valence-corrected chi connectivity index (χ2v) is 25.1. The van der Waals surface area contributed by atoms with Gasteiger partial charge in [-0.1, -0.05) is 190 Å². The Morgan fingerprint density at radius 1 is 0.354 bits per heavy atom. The van der Waals surface area contributed by atoms with Crippen molar-refractivity contribution in [3.63, 3.8) is 0 Å². The zero-order valence-electron chi connectivity index (χ0n) is 47.1. The largest absolute Gasteiger partial charge is 0.344 e. The van der Waals surface area contributed by atoms with Crippen LogP contribution in [0.4, 0.5) is 51.2 Å². The van der Waals surface area contributed by atoms with E-state index in [9.17, 15) is 0 Å². The number of nitrogens with zero attached hydrogens (tertiary/aromatic N) is 5. The monoisotopic (exact) mass is 1020 g/mol. The third-order valence-corrected chi connectivity index (χ3v) is 17.1. The molecule has 12 aromatic rings. The highest BCUT2D eigenvalue weighted by atomic mass is 15.2. The number of rotatable bonds is 6. The summed E-state index contributed by atoms with van der Waals surface area (Å²) in [5.41, 5.74) is 23.8. The van der Waals surface area contributed by atoms with Gasteiger partial charge < -0.3 is 23.8 Å². The summed E-state index contributed by atoms with van der Waals surface area (Å²) in [7, 11) is 2.30. The second kappa shape index (κ2) is 17.6. The molecule has 0 saturated carbocycles. The van der Waals surface area contributed by atoms with E-state index in [2.05, 4.69) is 312 Å². The second-order valence-electron chi connectivity index (χ2n) is 25.1. The molecule has 0 saturated heterocycles. The lowest BCUT2D eigenvalue weighted by Gasteiger charge is -2.45. The molecular formula is C73H66BN5. The molecule has 0 atom stereocenters. The minimum absolute atomic E-state index is 0.00912. The maximum absolute atomic E-state index is 2.63. The topological polar surface area (TPSA) is 19.6 Å².